The first kappa shape index (κ1) is 16.7. The lowest BCUT2D eigenvalue weighted by molar-refractivity contribution is -0.138. The maximum absolute atomic E-state index is 11.5. The van der Waals surface area contributed by atoms with Crippen LogP contribution >= 0.6 is 0 Å². The largest absolute Gasteiger partial charge is 0.481 e. The van der Waals surface area contributed by atoms with Crippen LogP contribution in [0.1, 0.15) is 26.7 Å². The highest BCUT2D eigenvalue weighted by Gasteiger charge is 2.13. The van der Waals surface area contributed by atoms with Crippen molar-refractivity contribution in [3.8, 4) is 0 Å². The summed E-state index contributed by atoms with van der Waals surface area (Å²) in [6.07, 6.45) is 0.825. The Balaban J connectivity index is 3.84. The maximum atomic E-state index is 11.5. The van der Waals surface area contributed by atoms with Gasteiger partial charge in [0.25, 0.3) is 0 Å². The molecule has 0 bridgehead atoms. The summed E-state index contributed by atoms with van der Waals surface area (Å²) < 4.78 is 0. The Morgan fingerprint density at radius 1 is 1.22 bits per heavy atom. The predicted molar refractivity (Wildman–Crippen MR) is 70.6 cm³/mol. The Morgan fingerprint density at radius 2 is 1.78 bits per heavy atom. The molecule has 2 atom stereocenters. The van der Waals surface area contributed by atoms with Crippen molar-refractivity contribution in [3.63, 3.8) is 0 Å². The smallest absolute Gasteiger partial charge is 0.314 e. The molecule has 6 nitrogen and oxygen atoms in total. The van der Waals surface area contributed by atoms with Crippen molar-refractivity contribution in [1.29, 1.82) is 0 Å². The third-order valence-corrected chi connectivity index (χ3v) is 3.03. The Morgan fingerprint density at radius 3 is 2.22 bits per heavy atom. The lowest BCUT2D eigenvalue weighted by Gasteiger charge is -2.20. The van der Waals surface area contributed by atoms with Crippen LogP contribution in [0, 0.1) is 5.92 Å². The lowest BCUT2D eigenvalue weighted by Crippen LogP contribution is -2.44. The molecule has 0 aliphatic heterocycles. The third kappa shape index (κ3) is 7.89. The van der Waals surface area contributed by atoms with Crippen molar-refractivity contribution in [2.24, 2.45) is 5.92 Å². The average molecular weight is 259 g/mol. The fourth-order valence-corrected chi connectivity index (χ4v) is 1.33. The molecule has 0 spiro atoms. The van der Waals surface area contributed by atoms with E-state index in [1.807, 2.05) is 32.8 Å². The molecule has 0 aromatic rings. The van der Waals surface area contributed by atoms with Crippen molar-refractivity contribution >= 4 is 12.0 Å². The fraction of sp³-hybridized carbons (Fsp3) is 0.833. The number of carbonyl (C=O) groups is 2. The molecule has 18 heavy (non-hydrogen) atoms. The summed E-state index contributed by atoms with van der Waals surface area (Å²) in [6.45, 7) is 4.89. The Labute approximate surface area is 109 Å². The van der Waals surface area contributed by atoms with Gasteiger partial charge in [-0.25, -0.2) is 4.79 Å². The molecule has 0 rings (SSSR count). The molecule has 106 valence electrons. The van der Waals surface area contributed by atoms with Crippen LogP contribution in [0.3, 0.4) is 0 Å². The van der Waals surface area contributed by atoms with E-state index in [-0.39, 0.29) is 24.4 Å². The zero-order valence-electron chi connectivity index (χ0n) is 11.7. The van der Waals surface area contributed by atoms with Gasteiger partial charge in [0, 0.05) is 25.6 Å². The topological polar surface area (TPSA) is 81.7 Å². The summed E-state index contributed by atoms with van der Waals surface area (Å²) in [7, 11) is 3.90. The summed E-state index contributed by atoms with van der Waals surface area (Å²) in [5.74, 6) is -0.843. The lowest BCUT2D eigenvalue weighted by atomic mass is 10.0. The van der Waals surface area contributed by atoms with Crippen LogP contribution in [-0.4, -0.2) is 55.2 Å². The number of nitrogens with one attached hydrogen (secondary N) is 2. The van der Waals surface area contributed by atoms with Crippen molar-refractivity contribution in [2.45, 2.75) is 32.7 Å². The number of carboxylic acid groups (broad SMARTS) is 1. The minimum atomic E-state index is -0.828. The molecule has 0 heterocycles. The second kappa shape index (κ2) is 8.74. The van der Waals surface area contributed by atoms with Crippen molar-refractivity contribution in [1.82, 2.24) is 15.5 Å². The number of amides is 2. The van der Waals surface area contributed by atoms with Gasteiger partial charge in [0.1, 0.15) is 0 Å². The highest BCUT2D eigenvalue weighted by atomic mass is 16.4. The molecule has 0 radical (unpaired) electrons. The number of carbonyl (C=O) groups excluding carboxylic acids is 1. The van der Waals surface area contributed by atoms with Gasteiger partial charge in [-0.2, -0.15) is 0 Å². The van der Waals surface area contributed by atoms with Gasteiger partial charge >= 0.3 is 12.0 Å². The van der Waals surface area contributed by atoms with Gasteiger partial charge in [0.2, 0.25) is 0 Å². The standard InChI is InChI=1S/C12H25N3O3/c1-5-10(6-11(16)17)8-14-12(18)13-7-9(2)15(3)4/h9-10H,5-8H2,1-4H3,(H,16,17)(H2,13,14,18). The molecule has 0 saturated carbocycles. The van der Waals surface area contributed by atoms with Gasteiger partial charge in [-0.3, -0.25) is 4.79 Å². The van der Waals surface area contributed by atoms with E-state index in [0.29, 0.717) is 13.1 Å². The Kier molecular flexibility index (Phi) is 8.11. The molecule has 0 aromatic carbocycles. The van der Waals surface area contributed by atoms with E-state index in [0.717, 1.165) is 6.42 Å². The summed E-state index contributed by atoms with van der Waals surface area (Å²) in [4.78, 5) is 24.1. The van der Waals surface area contributed by atoms with E-state index >= 15 is 0 Å². The molecule has 2 amide bonds. The van der Waals surface area contributed by atoms with Crippen LogP contribution in [-0.2, 0) is 4.79 Å². The third-order valence-electron chi connectivity index (χ3n) is 3.03. The number of urea groups is 1. The van der Waals surface area contributed by atoms with E-state index < -0.39 is 5.97 Å². The molecule has 0 aliphatic rings. The highest BCUT2D eigenvalue weighted by Crippen LogP contribution is 2.06. The number of carboxylic acids is 1. The molecule has 0 aromatic heterocycles. The van der Waals surface area contributed by atoms with Crippen LogP contribution in [0.2, 0.25) is 0 Å². The van der Waals surface area contributed by atoms with Gasteiger partial charge in [0.15, 0.2) is 0 Å². The number of aliphatic carboxylic acids is 1. The number of hydrogen-bond acceptors (Lipinski definition) is 3. The van der Waals surface area contributed by atoms with E-state index in [1.165, 1.54) is 0 Å². The van der Waals surface area contributed by atoms with Gasteiger partial charge in [-0.15, -0.1) is 0 Å². The van der Waals surface area contributed by atoms with E-state index in [4.69, 9.17) is 5.11 Å². The maximum Gasteiger partial charge on any atom is 0.314 e. The normalized spacial score (nSPS) is 14.1. The van der Waals surface area contributed by atoms with Gasteiger partial charge < -0.3 is 20.6 Å². The second-order valence-corrected chi connectivity index (χ2v) is 4.78. The van der Waals surface area contributed by atoms with E-state index in [1.54, 1.807) is 0 Å². The summed E-state index contributed by atoms with van der Waals surface area (Å²) in [5, 5.41) is 14.1. The minimum Gasteiger partial charge on any atom is -0.481 e. The van der Waals surface area contributed by atoms with E-state index in [9.17, 15) is 9.59 Å². The zero-order valence-corrected chi connectivity index (χ0v) is 11.7. The molecular formula is C12H25N3O3. The summed E-state index contributed by atoms with van der Waals surface area (Å²) in [5.41, 5.74) is 0. The van der Waals surface area contributed by atoms with E-state index in [2.05, 4.69) is 10.6 Å². The predicted octanol–water partition coefficient (Wildman–Crippen LogP) is 0.737. The monoisotopic (exact) mass is 259 g/mol. The number of hydrogen-bond donors (Lipinski definition) is 3. The quantitative estimate of drug-likeness (QED) is 0.600. The van der Waals surface area contributed by atoms with Crippen molar-refractivity contribution < 1.29 is 14.7 Å². The fourth-order valence-electron chi connectivity index (χ4n) is 1.33. The van der Waals surface area contributed by atoms with Gasteiger partial charge in [0.05, 0.1) is 0 Å². The Hall–Kier alpha value is -1.30. The minimum absolute atomic E-state index is 0.0143. The Bertz CT molecular complexity index is 269. The van der Waals surface area contributed by atoms with Crippen LogP contribution < -0.4 is 10.6 Å². The number of nitrogens with zero attached hydrogens (tertiary/aromatic N) is 1. The van der Waals surface area contributed by atoms with Gasteiger partial charge in [-0.1, -0.05) is 13.3 Å². The molecule has 2 unspecified atom stereocenters. The second-order valence-electron chi connectivity index (χ2n) is 4.78. The number of likely N-dealkylation sites (N-methyl/N-ethyl adjacent to an activating group) is 1. The summed E-state index contributed by atoms with van der Waals surface area (Å²) in [6, 6.07) is 0.0179. The molecule has 6 heteroatoms. The first-order chi connectivity index (χ1) is 8.36. The van der Waals surface area contributed by atoms with Crippen molar-refractivity contribution in [3.05, 3.63) is 0 Å². The number of rotatable bonds is 8. The van der Waals surface area contributed by atoms with Crippen LogP contribution in [0.15, 0.2) is 0 Å². The molecule has 0 saturated heterocycles. The average Bonchev–Trinajstić information content (AvgIpc) is 2.30. The SMILES string of the molecule is CCC(CNC(=O)NCC(C)N(C)C)CC(=O)O. The summed E-state index contributed by atoms with van der Waals surface area (Å²) >= 11 is 0. The van der Waals surface area contributed by atoms with Crippen molar-refractivity contribution in [2.75, 3.05) is 27.2 Å². The molecule has 0 aliphatic carbocycles. The zero-order chi connectivity index (χ0) is 14.1. The molecule has 0 fully saturated rings. The van der Waals surface area contributed by atoms with Gasteiger partial charge in [-0.05, 0) is 26.9 Å². The van der Waals surface area contributed by atoms with Crippen LogP contribution in [0.4, 0.5) is 4.79 Å². The van der Waals surface area contributed by atoms with Crippen LogP contribution in [0.25, 0.3) is 0 Å². The molecule has 3 N–H and O–H groups in total. The van der Waals surface area contributed by atoms with Crippen LogP contribution in [0.5, 0.6) is 0 Å². The first-order valence-electron chi connectivity index (χ1n) is 6.26. The highest BCUT2D eigenvalue weighted by molar-refractivity contribution is 5.74. The molecular weight excluding hydrogens is 234 g/mol. The first-order valence-corrected chi connectivity index (χ1v) is 6.26.